The molecule has 28 heteroatoms. The summed E-state index contributed by atoms with van der Waals surface area (Å²) in [4.78, 5) is 13.1. The van der Waals surface area contributed by atoms with E-state index in [0.29, 0.717) is 19.3 Å². The number of aliphatic hydroxyl groups is 12. The molecule has 8 fully saturated rings. The molecule has 0 spiro atoms. The van der Waals surface area contributed by atoms with E-state index in [1.807, 2.05) is 13.8 Å². The number of ether oxygens (including phenoxy) is 10. The molecule has 0 aromatic carbocycles. The normalized spacial score (nSPS) is 51.6. The van der Waals surface area contributed by atoms with Crippen molar-refractivity contribution >= 4 is 16.2 Å². The Bertz CT molecular complexity index is 2470. The molecule has 5 heterocycles. The van der Waals surface area contributed by atoms with Crippen LogP contribution in [0, 0.1) is 40.4 Å². The summed E-state index contributed by atoms with van der Waals surface area (Å²) in [7, 11) is -4.88. The third kappa shape index (κ3) is 13.4. The van der Waals surface area contributed by atoms with Crippen molar-refractivity contribution < 1.29 is 131 Å². The number of rotatable bonds is 17. The molecule has 0 aromatic rings. The maximum Gasteiger partial charge on any atom is 0.397 e. The molecule has 34 atom stereocenters. The van der Waals surface area contributed by atoms with Gasteiger partial charge in [0, 0.05) is 6.42 Å². The average Bonchev–Trinajstić information content (AvgIpc) is 1.75. The fourth-order valence-corrected chi connectivity index (χ4v) is 16.3. The third-order valence-corrected chi connectivity index (χ3v) is 20.9. The summed E-state index contributed by atoms with van der Waals surface area (Å²) in [6.45, 7) is 15.0. The lowest BCUT2D eigenvalue weighted by atomic mass is 9.47. The summed E-state index contributed by atoms with van der Waals surface area (Å²) in [6.07, 6.45) is -35.8. The summed E-state index contributed by atoms with van der Waals surface area (Å²) in [5.41, 5.74) is 1.28. The van der Waals surface area contributed by atoms with Gasteiger partial charge in [-0.3, -0.25) is 9.35 Å². The van der Waals surface area contributed by atoms with Gasteiger partial charge in [0.1, 0.15) is 97.7 Å². The van der Waals surface area contributed by atoms with Crippen LogP contribution in [0.4, 0.5) is 0 Å². The maximum absolute atomic E-state index is 13.1. The molecule has 5 aliphatic heterocycles. The molecule has 85 heavy (non-hydrogen) atoms. The van der Waals surface area contributed by atoms with Gasteiger partial charge in [-0.2, -0.15) is 8.42 Å². The Hall–Kier alpha value is -1.86. The predicted octanol–water partition coefficient (Wildman–Crippen LogP) is -1.48. The van der Waals surface area contributed by atoms with Gasteiger partial charge in [-0.1, -0.05) is 38.0 Å². The zero-order valence-electron chi connectivity index (χ0n) is 49.4. The van der Waals surface area contributed by atoms with Gasteiger partial charge < -0.3 is 109 Å². The monoisotopic (exact) mass is 1240 g/mol. The topological polar surface area (TPSA) is 416 Å². The number of aliphatic hydroxyl groups excluding tert-OH is 12. The van der Waals surface area contributed by atoms with E-state index >= 15 is 0 Å². The SMILES string of the molecule is CC(C)=CC(=O)C[C@H](C)[C@H]1CC[C@H]2[C@@H]3C[C@H](O[C@@H]4O[C@H](CO)[C@@H](O)[C@H](O[C@@H]5O[C@H](C)[C@@H](O[C@@H]6O[C@H](C)[C@@H](O)[C@H](O)[C@H]6O[C@@H]6O[C@H](C)[C@H](O)[C@H](O)[C@H]6O)[C@H](O)[C@H]5O[C@@H]5O[C@H](C)[C@@H](O)[C@H](O)[C@H]5O)[C@H]4O)[C@H]4C[C@@H](OS(=O)(=O)O)CC[C@]4(C)C3=CC[C@]12C. The largest absolute Gasteiger partial charge is 0.397 e. The second-order valence-corrected chi connectivity index (χ2v) is 27.4. The van der Waals surface area contributed by atoms with Crippen molar-refractivity contribution in [1.82, 2.24) is 0 Å². The molecular formula is C57H92O27S. The van der Waals surface area contributed by atoms with Crippen LogP contribution in [-0.4, -0.2) is 252 Å². The number of carbonyl (C=O) groups excluding carboxylic acids is 1. The van der Waals surface area contributed by atoms with Crippen LogP contribution in [0.5, 0.6) is 0 Å². The lowest BCUT2D eigenvalue weighted by molar-refractivity contribution is -0.406. The smallest absolute Gasteiger partial charge is 0.394 e. The number of hydrogen-bond acceptors (Lipinski definition) is 26. The van der Waals surface area contributed by atoms with Crippen molar-refractivity contribution in [1.29, 1.82) is 0 Å². The first-order chi connectivity index (χ1) is 39.8. The molecule has 0 radical (unpaired) electrons. The van der Waals surface area contributed by atoms with Crippen molar-refractivity contribution in [3.8, 4) is 0 Å². The Kier molecular flexibility index (Phi) is 21.0. The molecule has 9 aliphatic rings. The molecule has 27 nitrogen and oxygen atoms in total. The van der Waals surface area contributed by atoms with E-state index in [1.54, 1.807) is 6.08 Å². The third-order valence-electron chi connectivity index (χ3n) is 20.4. The van der Waals surface area contributed by atoms with Gasteiger partial charge in [0.25, 0.3) is 0 Å². The van der Waals surface area contributed by atoms with E-state index in [0.717, 1.165) is 24.8 Å². The van der Waals surface area contributed by atoms with Crippen LogP contribution < -0.4 is 0 Å². The van der Waals surface area contributed by atoms with Crippen molar-refractivity contribution in [2.45, 2.75) is 279 Å². The predicted molar refractivity (Wildman–Crippen MR) is 289 cm³/mol. The van der Waals surface area contributed by atoms with Crippen LogP contribution in [0.15, 0.2) is 23.3 Å². The highest BCUT2D eigenvalue weighted by atomic mass is 32.3. The second kappa shape index (κ2) is 26.4. The Balaban J connectivity index is 0.999. The van der Waals surface area contributed by atoms with Crippen molar-refractivity contribution in [3.05, 3.63) is 23.3 Å². The van der Waals surface area contributed by atoms with Crippen molar-refractivity contribution in [2.75, 3.05) is 6.61 Å². The van der Waals surface area contributed by atoms with Gasteiger partial charge in [-0.25, -0.2) is 4.18 Å². The van der Waals surface area contributed by atoms with E-state index in [4.69, 9.17) is 51.6 Å². The number of allylic oxidation sites excluding steroid dienone is 4. The highest BCUT2D eigenvalue weighted by molar-refractivity contribution is 7.80. The minimum Gasteiger partial charge on any atom is -0.394 e. The van der Waals surface area contributed by atoms with Gasteiger partial charge in [0.05, 0.1) is 43.2 Å². The molecular weight excluding hydrogens is 1150 g/mol. The summed E-state index contributed by atoms with van der Waals surface area (Å²) >= 11 is 0. The fourth-order valence-electron chi connectivity index (χ4n) is 15.8. The Labute approximate surface area is 495 Å². The van der Waals surface area contributed by atoms with Gasteiger partial charge in [-0.15, -0.1) is 0 Å². The van der Waals surface area contributed by atoms with Gasteiger partial charge >= 0.3 is 10.4 Å². The minimum absolute atomic E-state index is 0.0727. The summed E-state index contributed by atoms with van der Waals surface area (Å²) in [5, 5.41) is 134. The fraction of sp³-hybridized carbons (Fsp3) is 0.912. The number of hydrogen-bond donors (Lipinski definition) is 13. The molecule has 0 unspecified atom stereocenters. The van der Waals surface area contributed by atoms with Gasteiger partial charge in [-0.05, 0) is 133 Å². The number of fused-ring (bicyclic) bond motifs is 5. The van der Waals surface area contributed by atoms with E-state index < -0.39 is 194 Å². The molecule has 4 aliphatic carbocycles. The molecule has 3 saturated carbocycles. The lowest BCUT2D eigenvalue weighted by Crippen LogP contribution is -2.68. The van der Waals surface area contributed by atoms with E-state index in [-0.39, 0.29) is 47.7 Å². The zero-order valence-corrected chi connectivity index (χ0v) is 50.2. The van der Waals surface area contributed by atoms with Crippen molar-refractivity contribution in [3.63, 3.8) is 0 Å². The molecule has 5 saturated heterocycles. The standard InChI is InChI=1S/C57H92O27S/c1-21(2)16-27(59)17-22(3)30-10-11-31-29-19-34(33-18-28(84-85(71,72)73)12-14-57(33,9)32(29)13-15-56(30,31)8)78-53-46(70)48(39(63)35(20-58)79-53)81-55-50(83-52-44(68)41(65)37(61)24(5)75-52)45(69)47(26(7)77-55)80-54-49(42(66)38(62)25(6)76-54)82-51-43(67)40(64)36(60)23(4)74-51/h13,16,22-26,28-31,33-55,58,60-70H,10-12,14-15,17-20H2,1-9H3,(H,71,72,73)/t22-,23+,24+,25+,26+,28-,29-,30+,31-,33+,34-,35+,36-,37+,38+,39+,40-,41-,42-,43+,44+,45-,46+,47+,48-,49+,50+,51-,52-,53+,54-,55-,56+,57+/m0/s1. The van der Waals surface area contributed by atoms with Crippen LogP contribution in [0.25, 0.3) is 0 Å². The first-order valence-electron chi connectivity index (χ1n) is 30.0. The van der Waals surface area contributed by atoms with Gasteiger partial charge in [0.2, 0.25) is 0 Å². The maximum atomic E-state index is 13.1. The zero-order chi connectivity index (χ0) is 62.3. The van der Waals surface area contributed by atoms with Crippen molar-refractivity contribution in [2.24, 2.45) is 40.4 Å². The molecule has 0 aromatic heterocycles. The molecule has 0 amide bonds. The van der Waals surface area contributed by atoms with E-state index in [2.05, 4.69) is 26.8 Å². The molecule has 9 rings (SSSR count). The minimum atomic E-state index is -4.88. The Morgan fingerprint density at radius 3 is 1.69 bits per heavy atom. The number of ketones is 1. The first-order valence-corrected chi connectivity index (χ1v) is 31.3. The Morgan fingerprint density at radius 2 is 1.13 bits per heavy atom. The van der Waals surface area contributed by atoms with Crippen LogP contribution in [0.3, 0.4) is 0 Å². The summed E-state index contributed by atoms with van der Waals surface area (Å²) < 4.78 is 101. The highest BCUT2D eigenvalue weighted by Gasteiger charge is 2.63. The lowest BCUT2D eigenvalue weighted by Gasteiger charge is -2.59. The van der Waals surface area contributed by atoms with E-state index in [1.165, 1.54) is 33.3 Å². The number of carbonyl (C=O) groups is 1. The van der Waals surface area contributed by atoms with Gasteiger partial charge in [0.15, 0.2) is 37.2 Å². The van der Waals surface area contributed by atoms with E-state index in [9.17, 15) is 79.0 Å². The first kappa shape index (κ1) is 67.5. The highest BCUT2D eigenvalue weighted by Crippen LogP contribution is 2.67. The average molecular weight is 1240 g/mol. The second-order valence-electron chi connectivity index (χ2n) is 26.4. The Morgan fingerprint density at radius 1 is 0.612 bits per heavy atom. The van der Waals surface area contributed by atoms with Crippen LogP contribution >= 0.6 is 0 Å². The molecule has 488 valence electrons. The molecule has 0 bridgehead atoms. The summed E-state index contributed by atoms with van der Waals surface area (Å²) in [6, 6.07) is 0. The van der Waals surface area contributed by atoms with Crippen LogP contribution in [-0.2, 0) is 66.7 Å². The quantitative estimate of drug-likeness (QED) is 0.0449. The van der Waals surface area contributed by atoms with Crippen LogP contribution in [0.2, 0.25) is 0 Å². The van der Waals surface area contributed by atoms with Crippen LogP contribution in [0.1, 0.15) is 114 Å². The summed E-state index contributed by atoms with van der Waals surface area (Å²) in [5.74, 6) is -0.101. The molecule has 13 N–H and O–H groups in total.